The van der Waals surface area contributed by atoms with Crippen LogP contribution in [0.2, 0.25) is 5.02 Å². The fraction of sp³-hybridized carbons (Fsp3) is 0.154. The first-order valence-corrected chi connectivity index (χ1v) is 7.90. The van der Waals surface area contributed by atoms with Crippen LogP contribution in [0.15, 0.2) is 41.6 Å². The lowest BCUT2D eigenvalue weighted by Gasteiger charge is -2.08. The molecule has 1 aliphatic heterocycles. The van der Waals surface area contributed by atoms with E-state index in [2.05, 4.69) is 9.71 Å². The van der Waals surface area contributed by atoms with Crippen molar-refractivity contribution in [3.8, 4) is 11.5 Å². The number of aromatic nitrogens is 1. The lowest BCUT2D eigenvalue weighted by molar-refractivity contribution is 0.174. The molecule has 0 bridgehead atoms. The van der Waals surface area contributed by atoms with Crippen LogP contribution in [0.4, 0.5) is 0 Å². The maximum atomic E-state index is 12.2. The van der Waals surface area contributed by atoms with Crippen LogP contribution in [0.25, 0.3) is 0 Å². The molecule has 1 aliphatic rings. The van der Waals surface area contributed by atoms with E-state index in [1.54, 1.807) is 18.2 Å². The summed E-state index contributed by atoms with van der Waals surface area (Å²) in [5.74, 6) is 1.25. The van der Waals surface area contributed by atoms with E-state index in [4.69, 9.17) is 21.1 Å². The minimum absolute atomic E-state index is 0.0487. The van der Waals surface area contributed by atoms with Crippen molar-refractivity contribution in [1.29, 1.82) is 0 Å². The normalized spacial score (nSPS) is 13.4. The Balaban J connectivity index is 1.77. The summed E-state index contributed by atoms with van der Waals surface area (Å²) in [6, 6.07) is 6.66. The molecule has 0 unspecified atom stereocenters. The summed E-state index contributed by atoms with van der Waals surface area (Å²) < 4.78 is 37.3. The lowest BCUT2D eigenvalue weighted by Crippen LogP contribution is -2.23. The molecule has 0 radical (unpaired) electrons. The molecule has 0 aliphatic carbocycles. The van der Waals surface area contributed by atoms with Gasteiger partial charge in [-0.25, -0.2) is 13.1 Å². The van der Waals surface area contributed by atoms with Crippen LogP contribution in [0.1, 0.15) is 5.56 Å². The molecule has 1 N–H and O–H groups in total. The second-order valence-corrected chi connectivity index (χ2v) is 6.46. The molecule has 1 aromatic carbocycles. The molecule has 0 saturated heterocycles. The highest BCUT2D eigenvalue weighted by Crippen LogP contribution is 2.32. The average Bonchev–Trinajstić information content (AvgIpc) is 2.93. The molecule has 6 nitrogen and oxygen atoms in total. The van der Waals surface area contributed by atoms with Gasteiger partial charge in [-0.15, -0.1) is 0 Å². The molecule has 3 rings (SSSR count). The lowest BCUT2D eigenvalue weighted by atomic mass is 10.2. The maximum absolute atomic E-state index is 12.2. The third-order valence-electron chi connectivity index (χ3n) is 2.93. The van der Waals surface area contributed by atoms with Crippen LogP contribution < -0.4 is 14.2 Å². The Morgan fingerprint density at radius 2 is 2.05 bits per heavy atom. The van der Waals surface area contributed by atoms with Gasteiger partial charge in [0.2, 0.25) is 16.8 Å². The van der Waals surface area contributed by atoms with Gasteiger partial charge in [-0.2, -0.15) is 0 Å². The van der Waals surface area contributed by atoms with Gasteiger partial charge in [0.1, 0.15) is 4.90 Å². The first-order valence-electron chi connectivity index (χ1n) is 6.04. The summed E-state index contributed by atoms with van der Waals surface area (Å²) in [7, 11) is -3.72. The fourth-order valence-corrected chi connectivity index (χ4v) is 3.31. The van der Waals surface area contributed by atoms with Crippen molar-refractivity contribution in [2.24, 2.45) is 0 Å². The number of ether oxygens (including phenoxy) is 2. The number of benzene rings is 1. The van der Waals surface area contributed by atoms with E-state index in [1.807, 2.05) is 0 Å². The van der Waals surface area contributed by atoms with Crippen LogP contribution in [0.3, 0.4) is 0 Å². The molecule has 1 aromatic heterocycles. The first kappa shape index (κ1) is 14.1. The van der Waals surface area contributed by atoms with Gasteiger partial charge >= 0.3 is 0 Å². The number of sulfonamides is 1. The zero-order valence-corrected chi connectivity index (χ0v) is 12.3. The Morgan fingerprint density at radius 1 is 1.24 bits per heavy atom. The van der Waals surface area contributed by atoms with E-state index >= 15 is 0 Å². The monoisotopic (exact) mass is 326 g/mol. The Morgan fingerprint density at radius 3 is 2.86 bits per heavy atom. The predicted octanol–water partition coefficient (Wildman–Crippen LogP) is 1.94. The van der Waals surface area contributed by atoms with Gasteiger partial charge < -0.3 is 9.47 Å². The third kappa shape index (κ3) is 2.94. The van der Waals surface area contributed by atoms with Crippen LogP contribution in [0, 0.1) is 0 Å². The summed E-state index contributed by atoms with van der Waals surface area (Å²) in [6.45, 7) is 0.292. The Kier molecular flexibility index (Phi) is 3.71. The van der Waals surface area contributed by atoms with E-state index in [0.717, 1.165) is 5.56 Å². The number of hydrogen-bond acceptors (Lipinski definition) is 5. The number of halogens is 1. The van der Waals surface area contributed by atoms with Gasteiger partial charge in [0.25, 0.3) is 0 Å². The largest absolute Gasteiger partial charge is 0.454 e. The summed E-state index contributed by atoms with van der Waals surface area (Å²) in [4.78, 5) is 3.73. The minimum atomic E-state index is -3.72. The Labute approximate surface area is 126 Å². The van der Waals surface area contributed by atoms with Gasteiger partial charge in [-0.05, 0) is 23.8 Å². The Hall–Kier alpha value is -1.83. The molecule has 0 saturated carbocycles. The van der Waals surface area contributed by atoms with Crippen molar-refractivity contribution in [3.05, 3.63) is 47.2 Å². The highest BCUT2D eigenvalue weighted by molar-refractivity contribution is 7.89. The number of fused-ring (bicyclic) bond motifs is 1. The van der Waals surface area contributed by atoms with Gasteiger partial charge in [-0.1, -0.05) is 17.7 Å². The highest BCUT2D eigenvalue weighted by Gasteiger charge is 2.19. The standard InChI is InChI=1S/C13H11ClN2O4S/c14-10-3-4-15-7-13(10)21(17,18)16-6-9-1-2-11-12(5-9)20-8-19-11/h1-5,7,16H,6,8H2. The predicted molar refractivity (Wildman–Crippen MR) is 75.8 cm³/mol. The second kappa shape index (κ2) is 5.51. The first-order chi connectivity index (χ1) is 10.1. The van der Waals surface area contributed by atoms with Crippen LogP contribution in [-0.2, 0) is 16.6 Å². The maximum Gasteiger partial charge on any atom is 0.243 e. The summed E-state index contributed by atoms with van der Waals surface area (Å²) >= 11 is 5.87. The van der Waals surface area contributed by atoms with Crippen LogP contribution in [0.5, 0.6) is 11.5 Å². The van der Waals surface area contributed by atoms with E-state index < -0.39 is 10.0 Å². The van der Waals surface area contributed by atoms with Crippen LogP contribution in [-0.4, -0.2) is 20.2 Å². The quantitative estimate of drug-likeness (QED) is 0.929. The molecule has 0 atom stereocenters. The Bertz CT molecular complexity index is 779. The summed E-state index contributed by atoms with van der Waals surface area (Å²) in [6.07, 6.45) is 2.64. The van der Waals surface area contributed by atoms with Gasteiger partial charge in [0, 0.05) is 18.9 Å². The number of pyridine rings is 1. The van der Waals surface area contributed by atoms with Crippen molar-refractivity contribution in [3.63, 3.8) is 0 Å². The average molecular weight is 327 g/mol. The molecular weight excluding hydrogens is 316 g/mol. The highest BCUT2D eigenvalue weighted by atomic mass is 35.5. The topological polar surface area (TPSA) is 77.5 Å². The van der Waals surface area contributed by atoms with Crippen molar-refractivity contribution in [2.45, 2.75) is 11.4 Å². The SMILES string of the molecule is O=S(=O)(NCc1ccc2c(c1)OCO2)c1cnccc1Cl. The van der Waals surface area contributed by atoms with Crippen LogP contribution >= 0.6 is 11.6 Å². The molecule has 8 heteroatoms. The molecule has 2 heterocycles. The van der Waals surface area contributed by atoms with Gasteiger partial charge in [0.15, 0.2) is 11.5 Å². The third-order valence-corrected chi connectivity index (χ3v) is 4.80. The summed E-state index contributed by atoms with van der Waals surface area (Å²) in [5.41, 5.74) is 0.753. The van der Waals surface area contributed by atoms with Crippen molar-refractivity contribution >= 4 is 21.6 Å². The summed E-state index contributed by atoms with van der Waals surface area (Å²) in [5, 5.41) is 0.128. The second-order valence-electron chi connectivity index (χ2n) is 4.32. The zero-order chi connectivity index (χ0) is 14.9. The van der Waals surface area contributed by atoms with Crippen molar-refractivity contribution in [2.75, 3.05) is 6.79 Å². The van der Waals surface area contributed by atoms with E-state index in [0.29, 0.717) is 11.5 Å². The van der Waals surface area contributed by atoms with E-state index in [-0.39, 0.29) is 23.3 Å². The smallest absolute Gasteiger partial charge is 0.243 e. The van der Waals surface area contributed by atoms with Gasteiger partial charge in [0.05, 0.1) is 5.02 Å². The van der Waals surface area contributed by atoms with Crippen molar-refractivity contribution in [1.82, 2.24) is 9.71 Å². The number of nitrogens with one attached hydrogen (secondary N) is 1. The van der Waals surface area contributed by atoms with Gasteiger partial charge in [-0.3, -0.25) is 4.98 Å². The fourth-order valence-electron chi connectivity index (χ4n) is 1.87. The van der Waals surface area contributed by atoms with E-state index in [1.165, 1.54) is 18.5 Å². The van der Waals surface area contributed by atoms with E-state index in [9.17, 15) is 8.42 Å². The van der Waals surface area contributed by atoms with Crippen molar-refractivity contribution < 1.29 is 17.9 Å². The number of hydrogen-bond donors (Lipinski definition) is 1. The minimum Gasteiger partial charge on any atom is -0.454 e. The molecule has 110 valence electrons. The number of nitrogens with zero attached hydrogens (tertiary/aromatic N) is 1. The molecule has 0 fully saturated rings. The zero-order valence-electron chi connectivity index (χ0n) is 10.7. The molecule has 2 aromatic rings. The number of rotatable bonds is 4. The molecule has 0 amide bonds. The molecule has 21 heavy (non-hydrogen) atoms. The molecular formula is C13H11ClN2O4S. The molecule has 0 spiro atoms.